The molecule has 6 nitrogen and oxygen atoms in total. The number of anilines is 1. The number of aryl methyl sites for hydroxylation is 1. The Kier molecular flexibility index (Phi) is 3.58. The molecule has 0 atom stereocenters. The van der Waals surface area contributed by atoms with Crippen LogP contribution in [0.4, 0.5) is 18.9 Å². The second-order valence-electron chi connectivity index (χ2n) is 4.22. The number of rotatable bonds is 2. The Bertz CT molecular complexity index is 694. The molecule has 0 saturated carbocycles. The number of esters is 1. The molecule has 0 saturated heterocycles. The SMILES string of the molecule is COC(=O)c1cc(-c2cnnn2C)c(C(F)(F)F)cc1N. The number of ether oxygens (including phenoxy) is 1. The molecule has 0 spiro atoms. The summed E-state index contributed by atoms with van der Waals surface area (Å²) < 4.78 is 45.1. The van der Waals surface area contributed by atoms with Crippen LogP contribution in [0.1, 0.15) is 15.9 Å². The molecule has 0 aliphatic carbocycles. The van der Waals surface area contributed by atoms with Crippen LogP contribution in [0.15, 0.2) is 18.3 Å². The van der Waals surface area contributed by atoms with E-state index in [4.69, 9.17) is 5.73 Å². The van der Waals surface area contributed by atoms with Gasteiger partial charge in [-0.1, -0.05) is 5.21 Å². The normalized spacial score (nSPS) is 11.5. The number of aromatic nitrogens is 3. The first kappa shape index (κ1) is 14.8. The number of nitrogens with zero attached hydrogens (tertiary/aromatic N) is 3. The quantitative estimate of drug-likeness (QED) is 0.676. The van der Waals surface area contributed by atoms with Gasteiger partial charge in [0, 0.05) is 18.3 Å². The Labute approximate surface area is 117 Å². The van der Waals surface area contributed by atoms with E-state index in [1.807, 2.05) is 0 Å². The fourth-order valence-electron chi connectivity index (χ4n) is 1.88. The third-order valence-corrected chi connectivity index (χ3v) is 2.89. The molecular weight excluding hydrogens is 289 g/mol. The van der Waals surface area contributed by atoms with Gasteiger partial charge in [-0.2, -0.15) is 13.2 Å². The molecule has 2 rings (SSSR count). The number of methoxy groups -OCH3 is 1. The third kappa shape index (κ3) is 2.67. The van der Waals surface area contributed by atoms with E-state index in [1.54, 1.807) is 0 Å². The third-order valence-electron chi connectivity index (χ3n) is 2.89. The van der Waals surface area contributed by atoms with Crippen LogP contribution in [-0.2, 0) is 18.0 Å². The van der Waals surface area contributed by atoms with Crippen molar-refractivity contribution in [3.05, 3.63) is 29.5 Å². The van der Waals surface area contributed by atoms with Gasteiger partial charge in [-0.25, -0.2) is 9.48 Å². The smallest absolute Gasteiger partial charge is 0.417 e. The predicted molar refractivity (Wildman–Crippen MR) is 67.2 cm³/mol. The predicted octanol–water partition coefficient (Wildman–Crippen LogP) is 1.87. The lowest BCUT2D eigenvalue weighted by molar-refractivity contribution is -0.137. The standard InChI is InChI=1S/C12H11F3N4O2/c1-19-10(5-17-18-19)6-3-7(11(20)21-2)9(16)4-8(6)12(13,14)15/h3-5H,16H2,1-2H3. The van der Waals surface area contributed by atoms with E-state index in [0.29, 0.717) is 6.07 Å². The van der Waals surface area contributed by atoms with Crippen LogP contribution in [0.3, 0.4) is 0 Å². The van der Waals surface area contributed by atoms with Crippen molar-refractivity contribution in [1.82, 2.24) is 15.0 Å². The first-order chi connectivity index (χ1) is 9.75. The molecule has 2 aromatic rings. The van der Waals surface area contributed by atoms with Crippen molar-refractivity contribution in [3.8, 4) is 11.3 Å². The molecule has 21 heavy (non-hydrogen) atoms. The lowest BCUT2D eigenvalue weighted by Crippen LogP contribution is -2.13. The van der Waals surface area contributed by atoms with Gasteiger partial charge < -0.3 is 10.5 Å². The van der Waals surface area contributed by atoms with E-state index in [2.05, 4.69) is 15.0 Å². The summed E-state index contributed by atoms with van der Waals surface area (Å²) in [6, 6.07) is 1.73. The van der Waals surface area contributed by atoms with Crippen LogP contribution in [0, 0.1) is 0 Å². The maximum Gasteiger partial charge on any atom is 0.417 e. The average Bonchev–Trinajstić information content (AvgIpc) is 2.82. The van der Waals surface area contributed by atoms with Crippen LogP contribution in [0.2, 0.25) is 0 Å². The van der Waals surface area contributed by atoms with Crippen LogP contribution < -0.4 is 5.73 Å². The number of carbonyl (C=O) groups excluding carboxylic acids is 1. The minimum absolute atomic E-state index is 0.104. The number of halogens is 3. The molecule has 0 aliphatic heterocycles. The summed E-state index contributed by atoms with van der Waals surface area (Å²) in [7, 11) is 2.56. The van der Waals surface area contributed by atoms with Crippen molar-refractivity contribution in [3.63, 3.8) is 0 Å². The molecule has 0 amide bonds. The average molecular weight is 300 g/mol. The highest BCUT2D eigenvalue weighted by atomic mass is 19.4. The largest absolute Gasteiger partial charge is 0.465 e. The minimum atomic E-state index is -4.64. The number of hydrogen-bond donors (Lipinski definition) is 1. The number of nitrogen functional groups attached to an aromatic ring is 1. The molecule has 1 aromatic carbocycles. The van der Waals surface area contributed by atoms with Gasteiger partial charge in [0.15, 0.2) is 0 Å². The maximum absolute atomic E-state index is 13.1. The van der Waals surface area contributed by atoms with Gasteiger partial charge in [-0.05, 0) is 12.1 Å². The molecule has 2 N–H and O–H groups in total. The highest BCUT2D eigenvalue weighted by Gasteiger charge is 2.36. The molecular formula is C12H11F3N4O2. The number of carbonyl (C=O) groups is 1. The highest BCUT2D eigenvalue weighted by molar-refractivity contribution is 5.97. The van der Waals surface area contributed by atoms with Crippen molar-refractivity contribution in [2.45, 2.75) is 6.18 Å². The van der Waals surface area contributed by atoms with Gasteiger partial charge >= 0.3 is 12.1 Å². The Balaban J connectivity index is 2.76. The number of hydrogen-bond acceptors (Lipinski definition) is 5. The zero-order chi connectivity index (χ0) is 15.8. The molecule has 0 fully saturated rings. The number of benzene rings is 1. The molecule has 0 radical (unpaired) electrons. The van der Waals surface area contributed by atoms with E-state index in [-0.39, 0.29) is 22.5 Å². The summed E-state index contributed by atoms with van der Waals surface area (Å²) in [4.78, 5) is 11.6. The molecule has 0 aliphatic rings. The Morgan fingerprint density at radius 2 is 2.05 bits per heavy atom. The van der Waals surface area contributed by atoms with Crippen molar-refractivity contribution < 1.29 is 22.7 Å². The van der Waals surface area contributed by atoms with Gasteiger partial charge in [0.05, 0.1) is 30.1 Å². The summed E-state index contributed by atoms with van der Waals surface area (Å²) in [5.74, 6) is -0.822. The van der Waals surface area contributed by atoms with Gasteiger partial charge in [0.1, 0.15) is 0 Å². The Hall–Kier alpha value is -2.58. The molecule has 0 bridgehead atoms. The molecule has 112 valence electrons. The summed E-state index contributed by atoms with van der Waals surface area (Å²) in [6.45, 7) is 0. The Morgan fingerprint density at radius 3 is 2.52 bits per heavy atom. The second-order valence-corrected chi connectivity index (χ2v) is 4.22. The summed E-state index contributed by atoms with van der Waals surface area (Å²) in [5, 5.41) is 7.12. The molecule has 1 heterocycles. The number of nitrogens with two attached hydrogens (primary N) is 1. The van der Waals surface area contributed by atoms with Crippen molar-refractivity contribution >= 4 is 11.7 Å². The van der Waals surface area contributed by atoms with Gasteiger partial charge in [0.25, 0.3) is 0 Å². The Morgan fingerprint density at radius 1 is 1.38 bits per heavy atom. The zero-order valence-electron chi connectivity index (χ0n) is 11.1. The van der Waals surface area contributed by atoms with E-state index < -0.39 is 17.7 Å². The highest BCUT2D eigenvalue weighted by Crippen LogP contribution is 2.39. The topological polar surface area (TPSA) is 83.0 Å². The van der Waals surface area contributed by atoms with E-state index in [0.717, 1.165) is 13.2 Å². The van der Waals surface area contributed by atoms with Crippen LogP contribution in [-0.4, -0.2) is 28.1 Å². The number of alkyl halides is 3. The minimum Gasteiger partial charge on any atom is -0.465 e. The first-order valence-electron chi connectivity index (χ1n) is 5.69. The molecule has 9 heteroatoms. The van der Waals surface area contributed by atoms with Crippen molar-refractivity contribution in [2.24, 2.45) is 7.05 Å². The van der Waals surface area contributed by atoms with E-state index >= 15 is 0 Å². The van der Waals surface area contributed by atoms with Crippen molar-refractivity contribution in [2.75, 3.05) is 12.8 Å². The lowest BCUT2D eigenvalue weighted by Gasteiger charge is -2.15. The monoisotopic (exact) mass is 300 g/mol. The lowest BCUT2D eigenvalue weighted by atomic mass is 9.99. The second kappa shape index (κ2) is 5.08. The van der Waals surface area contributed by atoms with Crippen molar-refractivity contribution in [1.29, 1.82) is 0 Å². The van der Waals surface area contributed by atoms with Gasteiger partial charge in [-0.3, -0.25) is 0 Å². The van der Waals surface area contributed by atoms with Crippen LogP contribution in [0.5, 0.6) is 0 Å². The molecule has 0 unspecified atom stereocenters. The zero-order valence-corrected chi connectivity index (χ0v) is 11.1. The fourth-order valence-corrected chi connectivity index (χ4v) is 1.88. The summed E-state index contributed by atoms with van der Waals surface area (Å²) >= 11 is 0. The van der Waals surface area contributed by atoms with E-state index in [1.165, 1.54) is 17.9 Å². The van der Waals surface area contributed by atoms with Gasteiger partial charge in [0.2, 0.25) is 0 Å². The van der Waals surface area contributed by atoms with E-state index in [9.17, 15) is 18.0 Å². The van der Waals surface area contributed by atoms with Gasteiger partial charge in [-0.15, -0.1) is 5.10 Å². The van der Waals surface area contributed by atoms with Crippen LogP contribution in [0.25, 0.3) is 11.3 Å². The summed E-state index contributed by atoms with van der Waals surface area (Å²) in [6.07, 6.45) is -3.47. The van der Waals surface area contributed by atoms with Crippen LogP contribution >= 0.6 is 0 Å². The maximum atomic E-state index is 13.1. The fraction of sp³-hybridized carbons (Fsp3) is 0.250. The summed E-state index contributed by atoms with van der Waals surface area (Å²) in [5.41, 5.74) is 3.94. The first-order valence-corrected chi connectivity index (χ1v) is 5.69. The molecule has 1 aromatic heterocycles.